The van der Waals surface area contributed by atoms with Gasteiger partial charge in [0, 0.05) is 6.54 Å². The molecule has 1 aromatic carbocycles. The number of amides is 1. The predicted octanol–water partition coefficient (Wildman–Crippen LogP) is 1.74. The molecule has 1 amide bonds. The van der Waals surface area contributed by atoms with E-state index < -0.39 is 5.54 Å². The van der Waals surface area contributed by atoms with Crippen molar-refractivity contribution in [2.24, 2.45) is 11.7 Å². The van der Waals surface area contributed by atoms with Gasteiger partial charge in [-0.1, -0.05) is 13.8 Å². The molecule has 6 nitrogen and oxygen atoms in total. The van der Waals surface area contributed by atoms with Crippen LogP contribution in [0.25, 0.3) is 0 Å². The third-order valence-corrected chi connectivity index (χ3v) is 4.21. The van der Waals surface area contributed by atoms with E-state index in [1.165, 1.54) is 0 Å². The van der Waals surface area contributed by atoms with E-state index in [9.17, 15) is 4.79 Å². The Bertz CT molecular complexity index is 520. The Morgan fingerprint density at radius 1 is 1.17 bits per heavy atom. The van der Waals surface area contributed by atoms with Gasteiger partial charge >= 0.3 is 0 Å². The molecule has 130 valence electrons. The lowest BCUT2D eigenvalue weighted by molar-refractivity contribution is -0.122. The van der Waals surface area contributed by atoms with Gasteiger partial charge in [0.25, 0.3) is 0 Å². The van der Waals surface area contributed by atoms with E-state index in [4.69, 9.17) is 19.9 Å². The highest BCUT2D eigenvalue weighted by molar-refractivity contribution is 5.80. The molecule has 1 atom stereocenters. The molecule has 0 aliphatic carbocycles. The molecule has 1 aromatic rings. The second-order valence-electron chi connectivity index (χ2n) is 6.03. The van der Waals surface area contributed by atoms with Crippen LogP contribution in [-0.4, -0.2) is 39.3 Å². The van der Waals surface area contributed by atoms with Gasteiger partial charge in [-0.2, -0.15) is 0 Å². The number of nitrogens with two attached hydrogens (primary N) is 1. The molecule has 0 aromatic heterocycles. The maximum Gasteiger partial charge on any atom is 0.224 e. The van der Waals surface area contributed by atoms with E-state index in [1.54, 1.807) is 33.5 Å². The van der Waals surface area contributed by atoms with Crippen LogP contribution in [0.4, 0.5) is 0 Å². The van der Waals surface area contributed by atoms with Gasteiger partial charge in [0.05, 0.1) is 33.3 Å². The maximum atomic E-state index is 12.4. The van der Waals surface area contributed by atoms with E-state index in [2.05, 4.69) is 5.32 Å². The molecular formula is C17H28N2O4. The molecule has 0 radical (unpaired) electrons. The molecule has 6 heteroatoms. The fraction of sp³-hybridized carbons (Fsp3) is 0.588. The van der Waals surface area contributed by atoms with Crippen molar-refractivity contribution in [1.82, 2.24) is 5.32 Å². The summed E-state index contributed by atoms with van der Waals surface area (Å²) < 4.78 is 15.9. The van der Waals surface area contributed by atoms with Crippen molar-refractivity contribution in [3.05, 3.63) is 17.7 Å². The number of carbonyl (C=O) groups is 1. The van der Waals surface area contributed by atoms with E-state index in [-0.39, 0.29) is 18.2 Å². The molecule has 0 heterocycles. The van der Waals surface area contributed by atoms with Crippen LogP contribution in [0.1, 0.15) is 26.3 Å². The second-order valence-corrected chi connectivity index (χ2v) is 6.03. The molecule has 0 fully saturated rings. The number of hydrogen-bond acceptors (Lipinski definition) is 5. The first-order valence-electron chi connectivity index (χ1n) is 7.61. The summed E-state index contributed by atoms with van der Waals surface area (Å²) in [5.74, 6) is 1.70. The van der Waals surface area contributed by atoms with Gasteiger partial charge in [-0.25, -0.2) is 0 Å². The highest BCUT2D eigenvalue weighted by Gasteiger charge is 2.28. The second kappa shape index (κ2) is 8.06. The molecule has 1 rings (SSSR count). The smallest absolute Gasteiger partial charge is 0.224 e. The Labute approximate surface area is 138 Å². The number of ether oxygens (including phenoxy) is 3. The summed E-state index contributed by atoms with van der Waals surface area (Å²) in [5, 5.41) is 3.02. The summed E-state index contributed by atoms with van der Waals surface area (Å²) in [5.41, 5.74) is 6.15. The van der Waals surface area contributed by atoms with Gasteiger partial charge in [-0.3, -0.25) is 4.79 Å². The predicted molar refractivity (Wildman–Crippen MR) is 90.2 cm³/mol. The molecule has 23 heavy (non-hydrogen) atoms. The van der Waals surface area contributed by atoms with E-state index in [0.717, 1.165) is 5.56 Å². The van der Waals surface area contributed by atoms with Crippen molar-refractivity contribution < 1.29 is 19.0 Å². The highest BCUT2D eigenvalue weighted by atomic mass is 16.5. The summed E-state index contributed by atoms with van der Waals surface area (Å²) in [4.78, 5) is 12.4. The van der Waals surface area contributed by atoms with E-state index in [0.29, 0.717) is 23.8 Å². The van der Waals surface area contributed by atoms with E-state index in [1.807, 2.05) is 20.8 Å². The maximum absolute atomic E-state index is 12.4. The summed E-state index contributed by atoms with van der Waals surface area (Å²) in [6, 6.07) is 3.55. The first-order chi connectivity index (χ1) is 10.8. The zero-order chi connectivity index (χ0) is 17.6. The number of carbonyl (C=O) groups excluding carboxylic acids is 1. The van der Waals surface area contributed by atoms with Crippen LogP contribution >= 0.6 is 0 Å². The van der Waals surface area contributed by atoms with Crippen LogP contribution in [0.3, 0.4) is 0 Å². The van der Waals surface area contributed by atoms with Gasteiger partial charge in [0.2, 0.25) is 11.7 Å². The molecule has 0 spiro atoms. The van der Waals surface area contributed by atoms with Crippen LogP contribution in [0.15, 0.2) is 12.1 Å². The highest BCUT2D eigenvalue weighted by Crippen LogP contribution is 2.38. The van der Waals surface area contributed by atoms with Gasteiger partial charge in [0.15, 0.2) is 11.5 Å². The zero-order valence-electron chi connectivity index (χ0n) is 14.9. The van der Waals surface area contributed by atoms with Crippen molar-refractivity contribution in [2.75, 3.05) is 27.9 Å². The minimum absolute atomic E-state index is 0.0964. The van der Waals surface area contributed by atoms with Crippen LogP contribution < -0.4 is 25.3 Å². The minimum Gasteiger partial charge on any atom is -0.493 e. The molecular weight excluding hydrogens is 296 g/mol. The quantitative estimate of drug-likeness (QED) is 0.761. The van der Waals surface area contributed by atoms with Crippen LogP contribution in [0, 0.1) is 5.92 Å². The molecule has 0 aliphatic rings. The van der Waals surface area contributed by atoms with E-state index >= 15 is 0 Å². The summed E-state index contributed by atoms with van der Waals surface area (Å²) in [6.07, 6.45) is 0.207. The molecule has 0 saturated heterocycles. The molecule has 0 bridgehead atoms. The molecule has 0 saturated carbocycles. The van der Waals surface area contributed by atoms with Crippen LogP contribution in [-0.2, 0) is 11.2 Å². The SMILES string of the molecule is COc1cc(CC(=O)NC(C)(CN)C(C)C)cc(OC)c1OC. The fourth-order valence-corrected chi connectivity index (χ4v) is 2.22. The molecule has 1 unspecified atom stereocenters. The topological polar surface area (TPSA) is 82.8 Å². The molecule has 3 N–H and O–H groups in total. The zero-order valence-corrected chi connectivity index (χ0v) is 14.9. The lowest BCUT2D eigenvalue weighted by Gasteiger charge is -2.33. The third kappa shape index (κ3) is 4.51. The molecule has 0 aliphatic heterocycles. The van der Waals surface area contributed by atoms with Crippen molar-refractivity contribution in [3.63, 3.8) is 0 Å². The van der Waals surface area contributed by atoms with Gasteiger partial charge in [-0.15, -0.1) is 0 Å². The Kier molecular flexibility index (Phi) is 6.69. The largest absolute Gasteiger partial charge is 0.493 e. The number of benzene rings is 1. The van der Waals surface area contributed by atoms with Gasteiger partial charge in [0.1, 0.15) is 0 Å². The van der Waals surface area contributed by atoms with Crippen molar-refractivity contribution in [3.8, 4) is 17.2 Å². The van der Waals surface area contributed by atoms with Crippen molar-refractivity contribution in [2.45, 2.75) is 32.7 Å². The Balaban J connectivity index is 2.98. The Morgan fingerprint density at radius 3 is 2.04 bits per heavy atom. The fourth-order valence-electron chi connectivity index (χ4n) is 2.22. The number of methoxy groups -OCH3 is 3. The Hall–Kier alpha value is -1.95. The van der Waals surface area contributed by atoms with Crippen molar-refractivity contribution in [1.29, 1.82) is 0 Å². The average Bonchev–Trinajstić information content (AvgIpc) is 2.53. The first kappa shape index (κ1) is 19.1. The standard InChI is InChI=1S/C17H28N2O4/c1-11(2)17(3,10-18)19-15(20)9-12-7-13(21-4)16(23-6)14(8-12)22-5/h7-8,11H,9-10,18H2,1-6H3,(H,19,20). The number of nitrogens with one attached hydrogen (secondary N) is 1. The summed E-state index contributed by atoms with van der Waals surface area (Å²) in [7, 11) is 4.64. The lowest BCUT2D eigenvalue weighted by atomic mass is 9.88. The Morgan fingerprint density at radius 2 is 1.70 bits per heavy atom. The summed E-state index contributed by atoms with van der Waals surface area (Å²) in [6.45, 7) is 6.40. The average molecular weight is 324 g/mol. The van der Waals surface area contributed by atoms with Gasteiger partial charge < -0.3 is 25.3 Å². The van der Waals surface area contributed by atoms with Crippen LogP contribution in [0.5, 0.6) is 17.2 Å². The normalized spacial score (nSPS) is 13.4. The minimum atomic E-state index is -0.433. The monoisotopic (exact) mass is 324 g/mol. The van der Waals surface area contributed by atoms with Crippen LogP contribution in [0.2, 0.25) is 0 Å². The summed E-state index contributed by atoms with van der Waals surface area (Å²) >= 11 is 0. The lowest BCUT2D eigenvalue weighted by Crippen LogP contribution is -2.55. The third-order valence-electron chi connectivity index (χ3n) is 4.21. The first-order valence-corrected chi connectivity index (χ1v) is 7.61. The number of rotatable bonds is 8. The van der Waals surface area contributed by atoms with Crippen molar-refractivity contribution >= 4 is 5.91 Å². The van der Waals surface area contributed by atoms with Gasteiger partial charge in [-0.05, 0) is 30.5 Å². The number of hydrogen-bond donors (Lipinski definition) is 2.